The van der Waals surface area contributed by atoms with Gasteiger partial charge in [-0.25, -0.2) is 26.9 Å². The fraction of sp³-hybridized carbons (Fsp3) is 0.292. The second-order valence-corrected chi connectivity index (χ2v) is 9.42. The van der Waals surface area contributed by atoms with E-state index in [2.05, 4.69) is 9.88 Å². The van der Waals surface area contributed by atoms with Crippen LogP contribution in [0, 0.1) is 29.1 Å². The van der Waals surface area contributed by atoms with E-state index in [-0.39, 0.29) is 29.8 Å². The van der Waals surface area contributed by atoms with E-state index in [0.717, 1.165) is 0 Å². The third-order valence-corrected chi connectivity index (χ3v) is 7.26. The van der Waals surface area contributed by atoms with Crippen LogP contribution in [-0.2, 0) is 4.79 Å². The summed E-state index contributed by atoms with van der Waals surface area (Å²) in [6, 6.07) is 5.25. The van der Waals surface area contributed by atoms with Gasteiger partial charge in [0, 0.05) is 62.5 Å². The topological polar surface area (TPSA) is 56.8 Å². The van der Waals surface area contributed by atoms with Gasteiger partial charge in [-0.1, -0.05) is 12.1 Å². The SMILES string of the molecule is O=C(c1nccs1)N1CCN(C2CC(=O)N(c3cccc(-c4c(F)c(F)c(F)c(F)c4F)c3)C2)CC1. The van der Waals surface area contributed by atoms with Crippen molar-refractivity contribution < 1.29 is 31.5 Å². The van der Waals surface area contributed by atoms with Crippen LogP contribution >= 0.6 is 11.3 Å². The van der Waals surface area contributed by atoms with Crippen LogP contribution in [0.2, 0.25) is 0 Å². The highest BCUT2D eigenvalue weighted by molar-refractivity contribution is 7.11. The first kappa shape index (κ1) is 24.3. The number of nitrogens with zero attached hydrogens (tertiary/aromatic N) is 4. The van der Waals surface area contributed by atoms with Gasteiger partial charge in [0.1, 0.15) is 0 Å². The summed E-state index contributed by atoms with van der Waals surface area (Å²) in [4.78, 5) is 34.6. The Bertz CT molecular complexity index is 1300. The van der Waals surface area contributed by atoms with Gasteiger partial charge in [0.15, 0.2) is 28.3 Å². The molecule has 0 radical (unpaired) electrons. The molecule has 0 bridgehead atoms. The molecule has 0 aliphatic carbocycles. The highest BCUT2D eigenvalue weighted by Crippen LogP contribution is 2.34. The lowest BCUT2D eigenvalue weighted by atomic mass is 10.0. The van der Waals surface area contributed by atoms with Crippen LogP contribution in [0.1, 0.15) is 16.2 Å². The third-order valence-electron chi connectivity index (χ3n) is 6.49. The average molecular weight is 522 g/mol. The van der Waals surface area contributed by atoms with Crippen molar-refractivity contribution in [1.82, 2.24) is 14.8 Å². The van der Waals surface area contributed by atoms with Crippen molar-refractivity contribution >= 4 is 28.8 Å². The summed E-state index contributed by atoms with van der Waals surface area (Å²) in [5, 5.41) is 2.17. The number of piperazine rings is 1. The molecule has 36 heavy (non-hydrogen) atoms. The van der Waals surface area contributed by atoms with Crippen molar-refractivity contribution in [3.8, 4) is 11.1 Å². The maximum Gasteiger partial charge on any atom is 0.282 e. The van der Waals surface area contributed by atoms with Crippen LogP contribution in [0.15, 0.2) is 35.8 Å². The van der Waals surface area contributed by atoms with Gasteiger partial charge >= 0.3 is 0 Å². The Kier molecular flexibility index (Phi) is 6.47. The van der Waals surface area contributed by atoms with Gasteiger partial charge in [0.05, 0.1) is 5.56 Å². The molecule has 0 N–H and O–H groups in total. The van der Waals surface area contributed by atoms with Crippen LogP contribution in [0.3, 0.4) is 0 Å². The maximum atomic E-state index is 14.3. The molecule has 2 aliphatic heterocycles. The van der Waals surface area contributed by atoms with Gasteiger partial charge in [-0.2, -0.15) is 0 Å². The zero-order valence-corrected chi connectivity index (χ0v) is 19.5. The molecule has 0 saturated carbocycles. The van der Waals surface area contributed by atoms with E-state index in [0.29, 0.717) is 43.4 Å². The number of thiazole rings is 1. The van der Waals surface area contributed by atoms with Crippen molar-refractivity contribution in [2.45, 2.75) is 12.5 Å². The van der Waals surface area contributed by atoms with Gasteiger partial charge in [-0.15, -0.1) is 11.3 Å². The molecule has 2 saturated heterocycles. The summed E-state index contributed by atoms with van der Waals surface area (Å²) >= 11 is 1.28. The summed E-state index contributed by atoms with van der Waals surface area (Å²) < 4.78 is 69.5. The number of benzene rings is 2. The highest BCUT2D eigenvalue weighted by atomic mass is 32.1. The highest BCUT2D eigenvalue weighted by Gasteiger charge is 2.37. The van der Waals surface area contributed by atoms with Crippen LogP contribution in [-0.4, -0.2) is 65.4 Å². The van der Waals surface area contributed by atoms with Crippen molar-refractivity contribution in [3.05, 3.63) is 69.9 Å². The van der Waals surface area contributed by atoms with Crippen molar-refractivity contribution in [3.63, 3.8) is 0 Å². The summed E-state index contributed by atoms with van der Waals surface area (Å²) in [7, 11) is 0. The summed E-state index contributed by atoms with van der Waals surface area (Å²) in [5.74, 6) is -10.5. The monoisotopic (exact) mass is 522 g/mol. The Balaban J connectivity index is 1.31. The lowest BCUT2D eigenvalue weighted by molar-refractivity contribution is -0.117. The number of aromatic nitrogens is 1. The van der Waals surface area contributed by atoms with E-state index in [1.165, 1.54) is 34.4 Å². The zero-order valence-electron chi connectivity index (χ0n) is 18.7. The van der Waals surface area contributed by atoms with Gasteiger partial charge in [-0.05, 0) is 17.7 Å². The van der Waals surface area contributed by atoms with Gasteiger partial charge < -0.3 is 9.80 Å². The minimum absolute atomic E-state index is 0.126. The molecule has 188 valence electrons. The zero-order chi connectivity index (χ0) is 25.6. The molecule has 0 spiro atoms. The standard InChI is InChI=1S/C24H19F5N4O2S/c25-18-17(19(26)21(28)22(29)20(18)27)13-2-1-3-14(10-13)33-12-15(11-16(33)34)31-5-7-32(8-6-31)24(35)23-30-4-9-36-23/h1-4,9-10,15H,5-8,11-12H2. The molecule has 2 fully saturated rings. The molecule has 2 aromatic carbocycles. The van der Waals surface area contributed by atoms with Crippen molar-refractivity contribution in [2.24, 2.45) is 0 Å². The molecule has 3 aromatic rings. The quantitative estimate of drug-likeness (QED) is 0.295. The minimum atomic E-state index is -2.23. The molecule has 5 rings (SSSR count). The van der Waals surface area contributed by atoms with Gasteiger partial charge in [-0.3, -0.25) is 14.5 Å². The Morgan fingerprint density at radius 2 is 1.61 bits per heavy atom. The Hall–Kier alpha value is -3.38. The minimum Gasteiger partial charge on any atom is -0.334 e. The molecule has 1 aromatic heterocycles. The summed E-state index contributed by atoms with van der Waals surface area (Å²) in [6.07, 6.45) is 1.78. The lowest BCUT2D eigenvalue weighted by Gasteiger charge is -2.37. The second-order valence-electron chi connectivity index (χ2n) is 8.52. The summed E-state index contributed by atoms with van der Waals surface area (Å²) in [6.45, 7) is 2.39. The number of anilines is 1. The molecule has 6 nitrogen and oxygen atoms in total. The first-order chi connectivity index (χ1) is 17.3. The number of rotatable bonds is 4. The fourth-order valence-corrected chi connectivity index (χ4v) is 5.23. The van der Waals surface area contributed by atoms with Crippen molar-refractivity contribution in [1.29, 1.82) is 0 Å². The molecule has 1 atom stereocenters. The van der Waals surface area contributed by atoms with Crippen LogP contribution in [0.4, 0.5) is 27.6 Å². The largest absolute Gasteiger partial charge is 0.334 e. The van der Waals surface area contributed by atoms with E-state index in [1.54, 1.807) is 22.5 Å². The van der Waals surface area contributed by atoms with Gasteiger partial charge in [0.25, 0.3) is 5.91 Å². The Morgan fingerprint density at radius 1 is 0.944 bits per heavy atom. The molecular formula is C24H19F5N4O2S. The van der Waals surface area contributed by atoms with Crippen LogP contribution in [0.5, 0.6) is 0 Å². The first-order valence-electron chi connectivity index (χ1n) is 11.1. The first-order valence-corrected chi connectivity index (χ1v) is 12.0. The molecule has 12 heteroatoms. The van der Waals surface area contributed by atoms with E-state index in [1.807, 2.05) is 0 Å². The predicted molar refractivity (Wildman–Crippen MR) is 122 cm³/mol. The third kappa shape index (κ3) is 4.24. The number of hydrogen-bond acceptors (Lipinski definition) is 5. The van der Waals surface area contributed by atoms with E-state index < -0.39 is 34.6 Å². The molecular weight excluding hydrogens is 503 g/mol. The van der Waals surface area contributed by atoms with Crippen molar-refractivity contribution in [2.75, 3.05) is 37.6 Å². The van der Waals surface area contributed by atoms with Gasteiger partial charge in [0.2, 0.25) is 11.7 Å². The number of halogens is 5. The Morgan fingerprint density at radius 3 is 2.25 bits per heavy atom. The Labute approximate surface area is 206 Å². The normalized spacial score (nSPS) is 18.8. The number of carbonyl (C=O) groups is 2. The smallest absolute Gasteiger partial charge is 0.282 e. The number of amides is 2. The lowest BCUT2D eigenvalue weighted by Crippen LogP contribution is -2.52. The summed E-state index contributed by atoms with van der Waals surface area (Å²) in [5.41, 5.74) is -0.982. The second kappa shape index (κ2) is 9.58. The van der Waals surface area contributed by atoms with E-state index >= 15 is 0 Å². The molecule has 2 amide bonds. The fourth-order valence-electron chi connectivity index (χ4n) is 4.62. The predicted octanol–water partition coefficient (Wildman–Crippen LogP) is 4.07. The van der Waals surface area contributed by atoms with E-state index in [9.17, 15) is 31.5 Å². The number of carbonyl (C=O) groups excluding carboxylic acids is 2. The molecule has 3 heterocycles. The molecule has 2 aliphatic rings. The maximum absolute atomic E-state index is 14.3. The van der Waals surface area contributed by atoms with Crippen LogP contribution < -0.4 is 4.90 Å². The number of hydrogen-bond donors (Lipinski definition) is 0. The average Bonchev–Trinajstić information content (AvgIpc) is 3.57. The van der Waals surface area contributed by atoms with Crippen LogP contribution in [0.25, 0.3) is 11.1 Å². The molecule has 1 unspecified atom stereocenters. The van der Waals surface area contributed by atoms with E-state index in [4.69, 9.17) is 0 Å².